The highest BCUT2D eigenvalue weighted by Gasteiger charge is 2.06. The van der Waals surface area contributed by atoms with Gasteiger partial charge in [0.2, 0.25) is 0 Å². The summed E-state index contributed by atoms with van der Waals surface area (Å²) in [5.74, 6) is 0. The molecule has 2 amide bonds. The number of nitrogens with one attached hydrogen (secondary N) is 2. The van der Waals surface area contributed by atoms with Crippen LogP contribution in [-0.4, -0.2) is 6.03 Å². The van der Waals surface area contributed by atoms with Crippen molar-refractivity contribution in [1.82, 2.24) is 0 Å². The second kappa shape index (κ2) is 7.70. The molecule has 0 aliphatic carbocycles. The van der Waals surface area contributed by atoms with Crippen LogP contribution in [0.4, 0.5) is 16.2 Å². The SMILES string of the molecule is Cc1cc(NC(=O)Nc2ccccc2)ccc1Sc1ccccc1. The first-order chi connectivity index (χ1) is 11.7. The van der Waals surface area contributed by atoms with Crippen LogP contribution in [0.2, 0.25) is 0 Å². The second-order valence-electron chi connectivity index (χ2n) is 5.34. The maximum Gasteiger partial charge on any atom is 0.323 e. The summed E-state index contributed by atoms with van der Waals surface area (Å²) in [7, 11) is 0. The Kier molecular flexibility index (Phi) is 5.18. The minimum Gasteiger partial charge on any atom is -0.308 e. The number of hydrogen-bond acceptors (Lipinski definition) is 2. The molecule has 0 unspecified atom stereocenters. The number of aryl methyl sites for hydroxylation is 1. The van der Waals surface area contributed by atoms with E-state index in [1.165, 1.54) is 9.79 Å². The van der Waals surface area contributed by atoms with E-state index in [9.17, 15) is 4.79 Å². The first-order valence-electron chi connectivity index (χ1n) is 7.67. The molecule has 120 valence electrons. The molecule has 24 heavy (non-hydrogen) atoms. The van der Waals surface area contributed by atoms with Gasteiger partial charge in [0.05, 0.1) is 0 Å². The predicted molar refractivity (Wildman–Crippen MR) is 101 cm³/mol. The summed E-state index contributed by atoms with van der Waals surface area (Å²) in [6, 6.07) is 25.3. The highest BCUT2D eigenvalue weighted by Crippen LogP contribution is 2.31. The quantitative estimate of drug-likeness (QED) is 0.634. The van der Waals surface area contributed by atoms with Crippen LogP contribution in [0.15, 0.2) is 88.7 Å². The van der Waals surface area contributed by atoms with Gasteiger partial charge in [0.15, 0.2) is 0 Å². The van der Waals surface area contributed by atoms with Gasteiger partial charge in [-0.1, -0.05) is 48.2 Å². The zero-order valence-electron chi connectivity index (χ0n) is 13.3. The van der Waals surface area contributed by atoms with Crippen molar-refractivity contribution >= 4 is 29.2 Å². The fourth-order valence-electron chi connectivity index (χ4n) is 2.27. The van der Waals surface area contributed by atoms with Crippen LogP contribution in [0.5, 0.6) is 0 Å². The molecular weight excluding hydrogens is 316 g/mol. The molecule has 0 radical (unpaired) electrons. The Balaban J connectivity index is 1.65. The fraction of sp³-hybridized carbons (Fsp3) is 0.0500. The maximum absolute atomic E-state index is 12.0. The summed E-state index contributed by atoms with van der Waals surface area (Å²) < 4.78 is 0. The Morgan fingerprint density at radius 3 is 2.08 bits per heavy atom. The smallest absolute Gasteiger partial charge is 0.308 e. The summed E-state index contributed by atoms with van der Waals surface area (Å²) in [6.45, 7) is 2.05. The third-order valence-corrected chi connectivity index (χ3v) is 4.62. The molecular formula is C20H18N2OS. The average Bonchev–Trinajstić information content (AvgIpc) is 2.59. The fourth-order valence-corrected chi connectivity index (χ4v) is 3.18. The molecule has 0 saturated carbocycles. The number of para-hydroxylation sites is 1. The van der Waals surface area contributed by atoms with Crippen LogP contribution in [0.25, 0.3) is 0 Å². The topological polar surface area (TPSA) is 41.1 Å². The number of amides is 2. The van der Waals surface area contributed by atoms with E-state index in [1.54, 1.807) is 11.8 Å². The van der Waals surface area contributed by atoms with E-state index in [2.05, 4.69) is 22.8 Å². The average molecular weight is 334 g/mol. The lowest BCUT2D eigenvalue weighted by Gasteiger charge is -2.10. The molecule has 3 rings (SSSR count). The zero-order valence-corrected chi connectivity index (χ0v) is 14.1. The van der Waals surface area contributed by atoms with E-state index in [-0.39, 0.29) is 6.03 Å². The van der Waals surface area contributed by atoms with Crippen LogP contribution in [0, 0.1) is 6.92 Å². The summed E-state index contributed by atoms with van der Waals surface area (Å²) >= 11 is 1.72. The Morgan fingerprint density at radius 1 is 0.792 bits per heavy atom. The number of urea groups is 1. The van der Waals surface area contributed by atoms with E-state index >= 15 is 0 Å². The van der Waals surface area contributed by atoms with Gasteiger partial charge in [0, 0.05) is 21.2 Å². The molecule has 0 saturated heterocycles. The molecule has 0 atom stereocenters. The van der Waals surface area contributed by atoms with Gasteiger partial charge in [-0.2, -0.15) is 0 Å². The summed E-state index contributed by atoms with van der Waals surface area (Å²) in [5, 5.41) is 5.67. The van der Waals surface area contributed by atoms with Crippen molar-refractivity contribution in [3.05, 3.63) is 84.4 Å². The molecule has 3 nitrogen and oxygen atoms in total. The third-order valence-electron chi connectivity index (χ3n) is 3.44. The first-order valence-corrected chi connectivity index (χ1v) is 8.49. The van der Waals surface area contributed by atoms with Crippen molar-refractivity contribution in [1.29, 1.82) is 0 Å². The largest absolute Gasteiger partial charge is 0.323 e. The van der Waals surface area contributed by atoms with Gasteiger partial charge < -0.3 is 10.6 Å². The van der Waals surface area contributed by atoms with E-state index in [4.69, 9.17) is 0 Å². The molecule has 0 bridgehead atoms. The second-order valence-corrected chi connectivity index (χ2v) is 6.46. The molecule has 0 aromatic heterocycles. The monoisotopic (exact) mass is 334 g/mol. The maximum atomic E-state index is 12.0. The third kappa shape index (κ3) is 4.40. The van der Waals surface area contributed by atoms with Crippen molar-refractivity contribution in [3.63, 3.8) is 0 Å². The van der Waals surface area contributed by atoms with Crippen LogP contribution in [0.3, 0.4) is 0 Å². The molecule has 0 aliphatic rings. The Labute approximate surface area is 146 Å². The van der Waals surface area contributed by atoms with Crippen molar-refractivity contribution in [3.8, 4) is 0 Å². The summed E-state index contributed by atoms with van der Waals surface area (Å²) in [6.07, 6.45) is 0. The van der Waals surface area contributed by atoms with E-state index < -0.39 is 0 Å². The lowest BCUT2D eigenvalue weighted by Crippen LogP contribution is -2.19. The van der Waals surface area contributed by atoms with Crippen LogP contribution >= 0.6 is 11.8 Å². The van der Waals surface area contributed by atoms with Gasteiger partial charge in [-0.15, -0.1) is 0 Å². The number of carbonyl (C=O) groups excluding carboxylic acids is 1. The highest BCUT2D eigenvalue weighted by atomic mass is 32.2. The van der Waals surface area contributed by atoms with E-state index in [1.807, 2.05) is 73.7 Å². The van der Waals surface area contributed by atoms with Gasteiger partial charge in [0.1, 0.15) is 0 Å². The lowest BCUT2D eigenvalue weighted by atomic mass is 10.2. The first kappa shape index (κ1) is 16.1. The minimum atomic E-state index is -0.246. The highest BCUT2D eigenvalue weighted by molar-refractivity contribution is 7.99. The number of anilines is 2. The minimum absolute atomic E-state index is 0.246. The predicted octanol–water partition coefficient (Wildman–Crippen LogP) is 5.79. The van der Waals surface area contributed by atoms with Gasteiger partial charge in [-0.25, -0.2) is 4.79 Å². The molecule has 3 aromatic rings. The van der Waals surface area contributed by atoms with Crippen molar-refractivity contribution in [2.45, 2.75) is 16.7 Å². The molecule has 0 aliphatic heterocycles. The van der Waals surface area contributed by atoms with Crippen LogP contribution in [0.1, 0.15) is 5.56 Å². The molecule has 4 heteroatoms. The lowest BCUT2D eigenvalue weighted by molar-refractivity contribution is 0.262. The molecule has 0 heterocycles. The molecule has 3 aromatic carbocycles. The number of hydrogen-bond donors (Lipinski definition) is 2. The van der Waals surface area contributed by atoms with E-state index in [0.717, 1.165) is 16.9 Å². The number of rotatable bonds is 4. The van der Waals surface area contributed by atoms with Gasteiger partial charge >= 0.3 is 6.03 Å². The van der Waals surface area contributed by atoms with Crippen LogP contribution < -0.4 is 10.6 Å². The van der Waals surface area contributed by atoms with Crippen molar-refractivity contribution < 1.29 is 4.79 Å². The zero-order chi connectivity index (χ0) is 16.8. The van der Waals surface area contributed by atoms with Gasteiger partial charge in [-0.05, 0) is 55.0 Å². The number of carbonyl (C=O) groups is 1. The molecule has 0 spiro atoms. The van der Waals surface area contributed by atoms with Crippen molar-refractivity contribution in [2.24, 2.45) is 0 Å². The Bertz CT molecular complexity index is 820. The Morgan fingerprint density at radius 2 is 1.42 bits per heavy atom. The Hall–Kier alpha value is -2.72. The summed E-state index contributed by atoms with van der Waals surface area (Å²) in [4.78, 5) is 14.4. The summed E-state index contributed by atoms with van der Waals surface area (Å²) in [5.41, 5.74) is 2.67. The van der Waals surface area contributed by atoms with Crippen molar-refractivity contribution in [2.75, 3.05) is 10.6 Å². The van der Waals surface area contributed by atoms with Gasteiger partial charge in [0.25, 0.3) is 0 Å². The van der Waals surface area contributed by atoms with E-state index in [0.29, 0.717) is 0 Å². The standard InChI is InChI=1S/C20H18N2OS/c1-15-14-17(22-20(23)21-16-8-4-2-5-9-16)12-13-19(15)24-18-10-6-3-7-11-18/h2-14H,1H3,(H2,21,22,23). The molecule has 0 fully saturated rings. The normalized spacial score (nSPS) is 10.2. The molecule has 2 N–H and O–H groups in total. The van der Waals surface area contributed by atoms with Crippen LogP contribution in [-0.2, 0) is 0 Å². The van der Waals surface area contributed by atoms with Gasteiger partial charge in [-0.3, -0.25) is 0 Å². The number of benzene rings is 3.